The van der Waals surface area contributed by atoms with Crippen molar-refractivity contribution in [3.05, 3.63) is 99.6 Å². The summed E-state index contributed by atoms with van der Waals surface area (Å²) in [7, 11) is 0. The fraction of sp³-hybridized carbons (Fsp3) is 0.0435. The minimum absolute atomic E-state index is 0.141. The molecule has 0 aliphatic rings. The molecule has 0 heterocycles. The summed E-state index contributed by atoms with van der Waals surface area (Å²) in [6.45, 7) is 1.71. The molecule has 148 valence electrons. The van der Waals surface area contributed by atoms with Crippen molar-refractivity contribution in [2.24, 2.45) is 0 Å². The summed E-state index contributed by atoms with van der Waals surface area (Å²) in [5.41, 5.74) is 1.23. The van der Waals surface area contributed by atoms with Gasteiger partial charge in [-0.05, 0) is 48.4 Å². The number of nitrogens with zero attached hydrogens (tertiary/aromatic N) is 2. The number of rotatable bonds is 6. The molecule has 3 aromatic carbocycles. The van der Waals surface area contributed by atoms with Crippen molar-refractivity contribution in [3.63, 3.8) is 0 Å². The number of nitrogens with one attached hydrogen (secondary N) is 1. The third-order valence-corrected chi connectivity index (χ3v) is 4.19. The van der Waals surface area contributed by atoms with Crippen LogP contribution in [0.15, 0.2) is 78.4 Å². The van der Waals surface area contributed by atoms with Gasteiger partial charge in [-0.2, -0.15) is 5.26 Å². The largest absolute Gasteiger partial charge is 0.457 e. The summed E-state index contributed by atoms with van der Waals surface area (Å²) in [6.07, 6.45) is 1.43. The van der Waals surface area contributed by atoms with Gasteiger partial charge in [0.25, 0.3) is 11.6 Å². The number of ether oxygens (including phenoxy) is 1. The van der Waals surface area contributed by atoms with Crippen molar-refractivity contribution in [2.45, 2.75) is 6.92 Å². The zero-order chi connectivity index (χ0) is 21.5. The maximum atomic E-state index is 12.6. The van der Waals surface area contributed by atoms with E-state index in [1.54, 1.807) is 31.2 Å². The number of nitro groups is 1. The molecule has 0 saturated carbocycles. The average Bonchev–Trinajstić information content (AvgIpc) is 2.74. The van der Waals surface area contributed by atoms with Gasteiger partial charge in [-0.3, -0.25) is 14.9 Å². The molecule has 3 rings (SSSR count). The Hall–Kier alpha value is -4.44. The Kier molecular flexibility index (Phi) is 6.20. The molecule has 0 atom stereocenters. The summed E-state index contributed by atoms with van der Waals surface area (Å²) in [5.74, 6) is 0.565. The summed E-state index contributed by atoms with van der Waals surface area (Å²) < 4.78 is 5.77. The number of anilines is 1. The maximum absolute atomic E-state index is 12.6. The minimum atomic E-state index is -0.657. The first-order valence-corrected chi connectivity index (χ1v) is 8.97. The monoisotopic (exact) mass is 399 g/mol. The first kappa shape index (κ1) is 20.3. The van der Waals surface area contributed by atoms with Gasteiger partial charge < -0.3 is 10.1 Å². The Morgan fingerprint density at radius 3 is 2.50 bits per heavy atom. The number of hydrogen-bond acceptors (Lipinski definition) is 5. The van der Waals surface area contributed by atoms with Crippen LogP contribution in [0.4, 0.5) is 11.4 Å². The van der Waals surface area contributed by atoms with E-state index in [4.69, 9.17) is 4.74 Å². The molecule has 0 aliphatic carbocycles. The highest BCUT2D eigenvalue weighted by atomic mass is 16.6. The van der Waals surface area contributed by atoms with E-state index in [0.29, 0.717) is 22.6 Å². The highest BCUT2D eigenvalue weighted by Crippen LogP contribution is 2.24. The lowest BCUT2D eigenvalue weighted by Gasteiger charge is -2.08. The predicted molar refractivity (Wildman–Crippen MR) is 113 cm³/mol. The number of non-ortho nitro benzene ring substituents is 1. The molecule has 3 aromatic rings. The minimum Gasteiger partial charge on any atom is -0.457 e. The van der Waals surface area contributed by atoms with Gasteiger partial charge in [0.05, 0.1) is 10.6 Å². The second-order valence-electron chi connectivity index (χ2n) is 6.37. The quantitative estimate of drug-likeness (QED) is 0.264. The number of carbonyl (C=O) groups is 1. The molecule has 0 radical (unpaired) electrons. The Labute approximate surface area is 173 Å². The van der Waals surface area contributed by atoms with E-state index in [-0.39, 0.29) is 16.9 Å². The van der Waals surface area contributed by atoms with E-state index in [1.165, 1.54) is 24.3 Å². The smallest absolute Gasteiger partial charge is 0.271 e. The van der Waals surface area contributed by atoms with Gasteiger partial charge in [0.15, 0.2) is 0 Å². The molecule has 0 spiro atoms. The van der Waals surface area contributed by atoms with E-state index in [1.807, 2.05) is 36.4 Å². The van der Waals surface area contributed by atoms with Crippen LogP contribution in [0.3, 0.4) is 0 Å². The van der Waals surface area contributed by atoms with Crippen LogP contribution >= 0.6 is 0 Å². The van der Waals surface area contributed by atoms with Crippen LogP contribution in [0, 0.1) is 28.4 Å². The van der Waals surface area contributed by atoms with E-state index in [0.717, 1.165) is 0 Å². The summed E-state index contributed by atoms with van der Waals surface area (Å²) in [4.78, 5) is 23.0. The van der Waals surface area contributed by atoms with Crippen molar-refractivity contribution in [1.82, 2.24) is 0 Å². The van der Waals surface area contributed by atoms with Gasteiger partial charge in [0.1, 0.15) is 23.1 Å². The molecular weight excluding hydrogens is 382 g/mol. The van der Waals surface area contributed by atoms with Gasteiger partial charge in [0.2, 0.25) is 0 Å². The van der Waals surface area contributed by atoms with E-state index in [9.17, 15) is 20.2 Å². The molecule has 1 N–H and O–H groups in total. The van der Waals surface area contributed by atoms with E-state index in [2.05, 4.69) is 5.32 Å². The molecule has 0 saturated heterocycles. The SMILES string of the molecule is Cc1ccc([N+](=O)[O-])cc1NC(=O)C(C#N)=Cc1cccc(Oc2ccccc2)c1. The molecule has 7 nitrogen and oxygen atoms in total. The Morgan fingerprint density at radius 2 is 1.80 bits per heavy atom. The second kappa shape index (κ2) is 9.17. The highest BCUT2D eigenvalue weighted by molar-refractivity contribution is 6.10. The number of aryl methyl sites for hydroxylation is 1. The molecule has 0 aliphatic heterocycles. The van der Waals surface area contributed by atoms with Gasteiger partial charge in [-0.25, -0.2) is 0 Å². The molecular formula is C23H17N3O4. The van der Waals surface area contributed by atoms with Crippen LogP contribution in [0.1, 0.15) is 11.1 Å². The topological polar surface area (TPSA) is 105 Å². The van der Waals surface area contributed by atoms with Crippen LogP contribution in [0.5, 0.6) is 11.5 Å². The molecule has 0 fully saturated rings. The van der Waals surface area contributed by atoms with Gasteiger partial charge in [-0.1, -0.05) is 36.4 Å². The Bertz CT molecular complexity index is 1160. The number of amides is 1. The molecule has 7 heteroatoms. The maximum Gasteiger partial charge on any atom is 0.271 e. The number of benzene rings is 3. The van der Waals surface area contributed by atoms with Crippen molar-refractivity contribution >= 4 is 23.4 Å². The predicted octanol–water partition coefficient (Wildman–Crippen LogP) is 5.24. The normalized spacial score (nSPS) is 10.7. The first-order chi connectivity index (χ1) is 14.5. The standard InChI is InChI=1S/C23H17N3O4/c1-16-10-11-19(26(28)29)14-22(16)25-23(27)18(15-24)12-17-6-5-9-21(13-17)30-20-7-3-2-4-8-20/h2-14H,1H3,(H,25,27). The van der Waals surface area contributed by atoms with Crippen LogP contribution in [0.25, 0.3) is 6.08 Å². The number of hydrogen-bond donors (Lipinski definition) is 1. The van der Waals surface area contributed by atoms with Gasteiger partial charge >= 0.3 is 0 Å². The molecule has 0 bridgehead atoms. The molecule has 30 heavy (non-hydrogen) atoms. The first-order valence-electron chi connectivity index (χ1n) is 8.97. The average molecular weight is 399 g/mol. The lowest BCUT2D eigenvalue weighted by atomic mass is 10.1. The van der Waals surface area contributed by atoms with E-state index >= 15 is 0 Å². The van der Waals surface area contributed by atoms with Gasteiger partial charge in [-0.15, -0.1) is 0 Å². The van der Waals surface area contributed by atoms with Gasteiger partial charge in [0, 0.05) is 12.1 Å². The van der Waals surface area contributed by atoms with Crippen LogP contribution in [-0.2, 0) is 4.79 Å². The van der Waals surface area contributed by atoms with Crippen molar-refractivity contribution in [2.75, 3.05) is 5.32 Å². The second-order valence-corrected chi connectivity index (χ2v) is 6.37. The summed E-state index contributed by atoms with van der Waals surface area (Å²) in [5, 5.41) is 23.0. The Balaban J connectivity index is 1.81. The van der Waals surface area contributed by atoms with E-state index < -0.39 is 10.8 Å². The molecule has 1 amide bonds. The molecule has 0 aromatic heterocycles. The third-order valence-electron chi connectivity index (χ3n) is 4.19. The number of nitro benzene ring substituents is 1. The van der Waals surface area contributed by atoms with Crippen molar-refractivity contribution in [3.8, 4) is 17.6 Å². The third kappa shape index (κ3) is 5.09. The molecule has 0 unspecified atom stereocenters. The summed E-state index contributed by atoms with van der Waals surface area (Å²) >= 11 is 0. The highest BCUT2D eigenvalue weighted by Gasteiger charge is 2.14. The Morgan fingerprint density at radius 1 is 1.07 bits per heavy atom. The van der Waals surface area contributed by atoms with Crippen molar-refractivity contribution in [1.29, 1.82) is 5.26 Å². The zero-order valence-corrected chi connectivity index (χ0v) is 16.0. The van der Waals surface area contributed by atoms with Crippen LogP contribution in [0.2, 0.25) is 0 Å². The lowest BCUT2D eigenvalue weighted by molar-refractivity contribution is -0.384. The number of carbonyl (C=O) groups excluding carboxylic acids is 1. The fourth-order valence-electron chi connectivity index (χ4n) is 2.66. The van der Waals surface area contributed by atoms with Crippen molar-refractivity contribution < 1.29 is 14.5 Å². The lowest BCUT2D eigenvalue weighted by Crippen LogP contribution is -2.14. The van der Waals surface area contributed by atoms with Crippen LogP contribution in [-0.4, -0.2) is 10.8 Å². The fourth-order valence-corrected chi connectivity index (χ4v) is 2.66. The van der Waals surface area contributed by atoms with Crippen LogP contribution < -0.4 is 10.1 Å². The number of nitriles is 1. The summed E-state index contributed by atoms with van der Waals surface area (Å²) in [6, 6.07) is 22.2. The zero-order valence-electron chi connectivity index (χ0n) is 16.0. The number of para-hydroxylation sites is 1.